The molecule has 0 unspecified atom stereocenters. The van der Waals surface area contributed by atoms with Gasteiger partial charge in [0.2, 0.25) is 0 Å². The molecule has 0 bridgehead atoms. The van der Waals surface area contributed by atoms with Gasteiger partial charge in [0.05, 0.1) is 12.1 Å². The highest BCUT2D eigenvalue weighted by molar-refractivity contribution is 6.07. The van der Waals surface area contributed by atoms with E-state index >= 15 is 0 Å². The molecule has 5 heteroatoms. The first-order valence-electron chi connectivity index (χ1n) is 4.95. The van der Waals surface area contributed by atoms with Crippen LogP contribution in [0.5, 0.6) is 0 Å². The quantitative estimate of drug-likeness (QED) is 0.431. The maximum atomic E-state index is 11.6. The largest absolute Gasteiger partial charge is 0.301 e. The summed E-state index contributed by atoms with van der Waals surface area (Å²) < 4.78 is 0. The Bertz CT molecular complexity index is 469. The standard InChI is InChI=1S/C12H12N2O3/c1-3-11(17)14(7-8-15)12-10(9(2)16)5-4-6-13-12/h3-6,8H,1,7H2,2H3. The number of hydrogen-bond donors (Lipinski definition) is 0. The summed E-state index contributed by atoms with van der Waals surface area (Å²) in [5.74, 6) is -0.517. The van der Waals surface area contributed by atoms with Gasteiger partial charge in [-0.25, -0.2) is 4.98 Å². The van der Waals surface area contributed by atoms with E-state index in [2.05, 4.69) is 11.6 Å². The number of carbonyl (C=O) groups is 3. The number of rotatable bonds is 5. The van der Waals surface area contributed by atoms with E-state index in [1.54, 1.807) is 12.1 Å². The summed E-state index contributed by atoms with van der Waals surface area (Å²) in [6.45, 7) is 4.55. The number of hydrogen-bond acceptors (Lipinski definition) is 4. The van der Waals surface area contributed by atoms with Crippen LogP contribution in [-0.2, 0) is 9.59 Å². The molecular formula is C12H12N2O3. The van der Waals surface area contributed by atoms with Gasteiger partial charge >= 0.3 is 0 Å². The Kier molecular flexibility index (Phi) is 4.28. The number of Topliss-reactive ketones (excluding diaryl/α,β-unsaturated/α-hetero) is 1. The van der Waals surface area contributed by atoms with E-state index in [1.807, 2.05) is 0 Å². The van der Waals surface area contributed by atoms with Gasteiger partial charge in [-0.2, -0.15) is 0 Å². The van der Waals surface area contributed by atoms with Gasteiger partial charge in [0, 0.05) is 6.20 Å². The van der Waals surface area contributed by atoms with Crippen molar-refractivity contribution in [2.24, 2.45) is 0 Å². The van der Waals surface area contributed by atoms with Crippen molar-refractivity contribution in [2.45, 2.75) is 6.92 Å². The van der Waals surface area contributed by atoms with Crippen LogP contribution in [0.3, 0.4) is 0 Å². The van der Waals surface area contributed by atoms with Crippen LogP contribution in [0, 0.1) is 0 Å². The lowest BCUT2D eigenvalue weighted by molar-refractivity contribution is -0.116. The van der Waals surface area contributed by atoms with Crippen molar-refractivity contribution in [2.75, 3.05) is 11.4 Å². The third-order valence-electron chi connectivity index (χ3n) is 2.12. The van der Waals surface area contributed by atoms with Crippen LogP contribution in [0.2, 0.25) is 0 Å². The number of amides is 1. The highest BCUT2D eigenvalue weighted by Crippen LogP contribution is 2.17. The molecule has 1 aromatic heterocycles. The Balaban J connectivity index is 3.26. The second-order valence-electron chi connectivity index (χ2n) is 3.25. The van der Waals surface area contributed by atoms with Gasteiger partial charge in [0.25, 0.3) is 5.91 Å². The topological polar surface area (TPSA) is 67.3 Å². The zero-order valence-electron chi connectivity index (χ0n) is 9.42. The fraction of sp³-hybridized carbons (Fsp3) is 0.167. The molecular weight excluding hydrogens is 220 g/mol. The van der Waals surface area contributed by atoms with Gasteiger partial charge in [-0.05, 0) is 25.1 Å². The number of pyridine rings is 1. The van der Waals surface area contributed by atoms with E-state index in [0.29, 0.717) is 11.8 Å². The number of nitrogens with zero attached hydrogens (tertiary/aromatic N) is 2. The number of anilines is 1. The molecule has 0 N–H and O–H groups in total. The Morgan fingerprint density at radius 3 is 2.76 bits per heavy atom. The fourth-order valence-corrected chi connectivity index (χ4v) is 1.35. The fourth-order valence-electron chi connectivity index (χ4n) is 1.35. The summed E-state index contributed by atoms with van der Waals surface area (Å²) in [6, 6.07) is 3.15. The Morgan fingerprint density at radius 1 is 1.53 bits per heavy atom. The van der Waals surface area contributed by atoms with E-state index in [0.717, 1.165) is 11.0 Å². The molecule has 0 spiro atoms. The minimum absolute atomic E-state index is 0.165. The van der Waals surface area contributed by atoms with Crippen LogP contribution in [0.4, 0.5) is 5.82 Å². The molecule has 0 fully saturated rings. The van der Waals surface area contributed by atoms with Gasteiger partial charge in [0.1, 0.15) is 12.1 Å². The minimum atomic E-state index is -0.474. The average molecular weight is 232 g/mol. The number of aldehydes is 1. The van der Waals surface area contributed by atoms with Crippen LogP contribution in [0.25, 0.3) is 0 Å². The third-order valence-corrected chi connectivity index (χ3v) is 2.12. The number of ketones is 1. The van der Waals surface area contributed by atoms with Crippen LogP contribution in [0.1, 0.15) is 17.3 Å². The molecule has 0 saturated heterocycles. The third kappa shape index (κ3) is 2.84. The lowest BCUT2D eigenvalue weighted by atomic mass is 10.1. The zero-order chi connectivity index (χ0) is 12.8. The molecule has 1 rings (SSSR count). The van der Waals surface area contributed by atoms with E-state index in [1.165, 1.54) is 13.1 Å². The molecule has 5 nitrogen and oxygen atoms in total. The van der Waals surface area contributed by atoms with Crippen molar-refractivity contribution in [3.8, 4) is 0 Å². The van der Waals surface area contributed by atoms with Crippen molar-refractivity contribution in [1.29, 1.82) is 0 Å². The van der Waals surface area contributed by atoms with Crippen LogP contribution in [-0.4, -0.2) is 29.5 Å². The molecule has 0 saturated carbocycles. The van der Waals surface area contributed by atoms with E-state index < -0.39 is 5.91 Å². The number of carbonyl (C=O) groups excluding carboxylic acids is 3. The van der Waals surface area contributed by atoms with E-state index in [-0.39, 0.29) is 18.1 Å². The SMILES string of the molecule is C=CC(=O)N(CC=O)c1ncccc1C(C)=O. The maximum absolute atomic E-state index is 11.6. The monoisotopic (exact) mass is 232 g/mol. The number of aromatic nitrogens is 1. The van der Waals surface area contributed by atoms with Crippen LogP contribution < -0.4 is 4.90 Å². The summed E-state index contributed by atoms with van der Waals surface area (Å²) in [6.07, 6.45) is 3.10. The zero-order valence-corrected chi connectivity index (χ0v) is 9.42. The summed E-state index contributed by atoms with van der Waals surface area (Å²) in [4.78, 5) is 38.6. The van der Waals surface area contributed by atoms with Gasteiger partial charge in [-0.1, -0.05) is 6.58 Å². The predicted molar refractivity (Wildman–Crippen MR) is 62.9 cm³/mol. The van der Waals surface area contributed by atoms with E-state index in [4.69, 9.17) is 0 Å². The molecule has 0 aliphatic heterocycles. The summed E-state index contributed by atoms with van der Waals surface area (Å²) in [7, 11) is 0. The highest BCUT2D eigenvalue weighted by atomic mass is 16.2. The molecule has 0 aliphatic rings. The minimum Gasteiger partial charge on any atom is -0.301 e. The Morgan fingerprint density at radius 2 is 2.24 bits per heavy atom. The first-order chi connectivity index (χ1) is 8.11. The van der Waals surface area contributed by atoms with Gasteiger partial charge < -0.3 is 4.79 Å². The Labute approximate surface area is 98.8 Å². The molecule has 0 radical (unpaired) electrons. The van der Waals surface area contributed by atoms with E-state index in [9.17, 15) is 14.4 Å². The average Bonchev–Trinajstić information content (AvgIpc) is 2.35. The molecule has 1 amide bonds. The molecule has 88 valence electrons. The van der Waals surface area contributed by atoms with Gasteiger partial charge in [-0.15, -0.1) is 0 Å². The van der Waals surface area contributed by atoms with Gasteiger partial charge in [0.15, 0.2) is 5.78 Å². The van der Waals surface area contributed by atoms with Crippen molar-refractivity contribution in [3.05, 3.63) is 36.5 Å². The lowest BCUT2D eigenvalue weighted by Crippen LogP contribution is -2.33. The molecule has 17 heavy (non-hydrogen) atoms. The van der Waals surface area contributed by atoms with Crippen molar-refractivity contribution < 1.29 is 14.4 Å². The van der Waals surface area contributed by atoms with Crippen molar-refractivity contribution in [1.82, 2.24) is 4.98 Å². The summed E-state index contributed by atoms with van der Waals surface area (Å²) >= 11 is 0. The van der Waals surface area contributed by atoms with Crippen molar-refractivity contribution in [3.63, 3.8) is 0 Å². The van der Waals surface area contributed by atoms with Crippen molar-refractivity contribution >= 4 is 23.8 Å². The first-order valence-corrected chi connectivity index (χ1v) is 4.95. The second-order valence-corrected chi connectivity index (χ2v) is 3.25. The second kappa shape index (κ2) is 5.69. The maximum Gasteiger partial charge on any atom is 0.251 e. The summed E-state index contributed by atoms with van der Waals surface area (Å²) in [5, 5.41) is 0. The summed E-state index contributed by atoms with van der Waals surface area (Å²) in [5.41, 5.74) is 0.296. The molecule has 1 heterocycles. The van der Waals surface area contributed by atoms with Crippen LogP contribution >= 0.6 is 0 Å². The molecule has 0 aliphatic carbocycles. The molecule has 1 aromatic rings. The first kappa shape index (κ1) is 12.8. The lowest BCUT2D eigenvalue weighted by Gasteiger charge is -2.19. The predicted octanol–water partition coefficient (Wildman–Crippen LogP) is 1.00. The molecule has 0 aromatic carbocycles. The van der Waals surface area contributed by atoms with Crippen LogP contribution in [0.15, 0.2) is 31.0 Å². The molecule has 0 atom stereocenters. The Hall–Kier alpha value is -2.30. The normalized spacial score (nSPS) is 9.47. The van der Waals surface area contributed by atoms with Gasteiger partial charge in [-0.3, -0.25) is 14.5 Å². The smallest absolute Gasteiger partial charge is 0.251 e. The highest BCUT2D eigenvalue weighted by Gasteiger charge is 2.19.